The zero-order valence-electron chi connectivity index (χ0n) is 8.50. The Labute approximate surface area is 88.8 Å². The van der Waals surface area contributed by atoms with Gasteiger partial charge in [0.25, 0.3) is 5.24 Å². The average molecular weight is 213 g/mol. The molecule has 0 amide bonds. The van der Waals surface area contributed by atoms with Crippen molar-refractivity contribution in [2.45, 2.75) is 26.9 Å². The number of benzene rings is 1. The van der Waals surface area contributed by atoms with E-state index in [1.165, 1.54) is 0 Å². The van der Waals surface area contributed by atoms with Gasteiger partial charge in [-0.15, -0.1) is 0 Å². The number of hydrogen-bond acceptors (Lipinski definition) is 2. The van der Waals surface area contributed by atoms with Crippen LogP contribution in [0.15, 0.2) is 18.2 Å². The molecule has 1 rings (SSSR count). The molecule has 1 aromatic carbocycles. The van der Waals surface area contributed by atoms with E-state index in [1.807, 2.05) is 32.0 Å². The molecule has 14 heavy (non-hydrogen) atoms. The van der Waals surface area contributed by atoms with Crippen molar-refractivity contribution >= 4 is 16.8 Å². The molecule has 1 aromatic rings. The minimum atomic E-state index is -0.599. The van der Waals surface area contributed by atoms with E-state index in [2.05, 4.69) is 0 Å². The first-order chi connectivity index (χ1) is 6.49. The summed E-state index contributed by atoms with van der Waals surface area (Å²) in [5.41, 5.74) is 2.21. The van der Waals surface area contributed by atoms with Crippen LogP contribution in [-0.4, -0.2) is 11.3 Å². The number of aryl methyl sites for hydroxylation is 2. The highest BCUT2D eigenvalue weighted by Crippen LogP contribution is 2.17. The highest BCUT2D eigenvalue weighted by molar-refractivity contribution is 6.64. The van der Waals surface area contributed by atoms with Gasteiger partial charge in [0.05, 0.1) is 0 Å². The minimum absolute atomic E-state index is 0.482. The molecule has 0 aliphatic carbocycles. The second-order valence-electron chi connectivity index (χ2n) is 3.39. The fraction of sp³-hybridized carbons (Fsp3) is 0.364. The van der Waals surface area contributed by atoms with Crippen molar-refractivity contribution in [1.82, 2.24) is 0 Å². The molecule has 0 radical (unpaired) electrons. The fourth-order valence-corrected chi connectivity index (χ4v) is 1.30. The van der Waals surface area contributed by atoms with E-state index < -0.39 is 11.3 Å². The highest BCUT2D eigenvalue weighted by atomic mass is 35.5. The normalized spacial score (nSPS) is 12.3. The van der Waals surface area contributed by atoms with Crippen LogP contribution in [0, 0.1) is 13.8 Å². The van der Waals surface area contributed by atoms with Crippen LogP contribution < -0.4 is 4.74 Å². The first-order valence-electron chi connectivity index (χ1n) is 4.43. The standard InChI is InChI=1S/C11H13ClO2/c1-7-4-8(2)6-10(5-7)14-9(3)11(12)13/h4-6,9H,1-3H3/t9-/m1/s1. The maximum atomic E-state index is 10.8. The Morgan fingerprint density at radius 2 is 1.79 bits per heavy atom. The molecule has 0 saturated heterocycles. The molecule has 0 heterocycles. The van der Waals surface area contributed by atoms with Gasteiger partial charge < -0.3 is 4.74 Å². The predicted octanol–water partition coefficient (Wildman–Crippen LogP) is 2.84. The molecular formula is C11H13ClO2. The summed E-state index contributed by atoms with van der Waals surface area (Å²) in [6, 6.07) is 5.80. The topological polar surface area (TPSA) is 26.3 Å². The summed E-state index contributed by atoms with van der Waals surface area (Å²) in [6.07, 6.45) is -0.599. The average Bonchev–Trinajstić information content (AvgIpc) is 2.01. The van der Waals surface area contributed by atoms with E-state index in [1.54, 1.807) is 6.92 Å². The van der Waals surface area contributed by atoms with Crippen LogP contribution in [-0.2, 0) is 4.79 Å². The fourth-order valence-electron chi connectivity index (χ4n) is 1.25. The lowest BCUT2D eigenvalue weighted by atomic mass is 10.1. The number of ether oxygens (including phenoxy) is 1. The van der Waals surface area contributed by atoms with Gasteiger partial charge in [0.1, 0.15) is 5.75 Å². The van der Waals surface area contributed by atoms with Crippen molar-refractivity contribution in [2.75, 3.05) is 0 Å². The van der Waals surface area contributed by atoms with E-state index >= 15 is 0 Å². The van der Waals surface area contributed by atoms with Crippen LogP contribution in [0.4, 0.5) is 0 Å². The maximum Gasteiger partial charge on any atom is 0.262 e. The van der Waals surface area contributed by atoms with Gasteiger partial charge in [-0.1, -0.05) is 6.07 Å². The number of carbonyl (C=O) groups excluding carboxylic acids is 1. The third-order valence-corrected chi connectivity index (χ3v) is 2.13. The van der Waals surface area contributed by atoms with Crippen LogP contribution in [0.25, 0.3) is 0 Å². The van der Waals surface area contributed by atoms with Gasteiger partial charge in [-0.3, -0.25) is 4.79 Å². The zero-order valence-corrected chi connectivity index (χ0v) is 9.26. The summed E-state index contributed by atoms with van der Waals surface area (Å²) >= 11 is 5.29. The van der Waals surface area contributed by atoms with Gasteiger partial charge in [-0.25, -0.2) is 0 Å². The SMILES string of the molecule is Cc1cc(C)cc(O[C@H](C)C(=O)Cl)c1. The number of halogens is 1. The molecule has 0 fully saturated rings. The Hall–Kier alpha value is -1.02. The Morgan fingerprint density at radius 3 is 2.21 bits per heavy atom. The van der Waals surface area contributed by atoms with Gasteiger partial charge in [0.15, 0.2) is 6.10 Å². The monoisotopic (exact) mass is 212 g/mol. The molecule has 0 N–H and O–H groups in total. The molecule has 0 bridgehead atoms. The van der Waals surface area contributed by atoms with Gasteiger partial charge in [0.2, 0.25) is 0 Å². The summed E-state index contributed by atoms with van der Waals surface area (Å²) in [5, 5.41) is -0.482. The van der Waals surface area contributed by atoms with Crippen LogP contribution in [0.1, 0.15) is 18.1 Å². The van der Waals surface area contributed by atoms with Crippen LogP contribution in [0.2, 0.25) is 0 Å². The first kappa shape index (κ1) is 11.1. The molecular weight excluding hydrogens is 200 g/mol. The van der Waals surface area contributed by atoms with E-state index in [0.29, 0.717) is 5.75 Å². The maximum absolute atomic E-state index is 10.8. The van der Waals surface area contributed by atoms with Gasteiger partial charge >= 0.3 is 0 Å². The molecule has 0 spiro atoms. The van der Waals surface area contributed by atoms with Crippen molar-refractivity contribution < 1.29 is 9.53 Å². The Bertz CT molecular complexity index is 327. The van der Waals surface area contributed by atoms with Crippen LogP contribution in [0.3, 0.4) is 0 Å². The molecule has 2 nitrogen and oxygen atoms in total. The largest absolute Gasteiger partial charge is 0.482 e. The first-order valence-corrected chi connectivity index (χ1v) is 4.81. The van der Waals surface area contributed by atoms with Crippen LogP contribution in [0.5, 0.6) is 5.75 Å². The summed E-state index contributed by atoms with van der Waals surface area (Å²) < 4.78 is 5.36. The molecule has 0 unspecified atom stereocenters. The van der Waals surface area contributed by atoms with Crippen molar-refractivity contribution in [1.29, 1.82) is 0 Å². The molecule has 76 valence electrons. The molecule has 0 aliphatic rings. The second kappa shape index (κ2) is 4.47. The Balaban J connectivity index is 2.81. The zero-order chi connectivity index (χ0) is 10.7. The second-order valence-corrected chi connectivity index (χ2v) is 3.76. The van der Waals surface area contributed by atoms with Gasteiger partial charge in [-0.2, -0.15) is 0 Å². The van der Waals surface area contributed by atoms with Gasteiger partial charge in [0, 0.05) is 0 Å². The molecule has 1 atom stereocenters. The summed E-state index contributed by atoms with van der Waals surface area (Å²) in [4.78, 5) is 10.8. The summed E-state index contributed by atoms with van der Waals surface area (Å²) in [6.45, 7) is 5.59. The highest BCUT2D eigenvalue weighted by Gasteiger charge is 2.11. The number of carbonyl (C=O) groups is 1. The molecule has 0 aliphatic heterocycles. The number of hydrogen-bond donors (Lipinski definition) is 0. The Kier molecular flexibility index (Phi) is 3.53. The predicted molar refractivity (Wildman–Crippen MR) is 56.9 cm³/mol. The Morgan fingerprint density at radius 1 is 1.29 bits per heavy atom. The van der Waals surface area contributed by atoms with E-state index in [-0.39, 0.29) is 0 Å². The quantitative estimate of drug-likeness (QED) is 0.721. The molecule has 3 heteroatoms. The minimum Gasteiger partial charge on any atom is -0.482 e. The molecule has 0 saturated carbocycles. The van der Waals surface area contributed by atoms with E-state index in [9.17, 15) is 4.79 Å². The summed E-state index contributed by atoms with van der Waals surface area (Å²) in [5.74, 6) is 0.684. The van der Waals surface area contributed by atoms with E-state index in [0.717, 1.165) is 11.1 Å². The lowest BCUT2D eigenvalue weighted by Crippen LogP contribution is -2.18. The lowest BCUT2D eigenvalue weighted by Gasteiger charge is -2.11. The van der Waals surface area contributed by atoms with Crippen molar-refractivity contribution in [2.24, 2.45) is 0 Å². The van der Waals surface area contributed by atoms with E-state index in [4.69, 9.17) is 16.3 Å². The molecule has 0 aromatic heterocycles. The smallest absolute Gasteiger partial charge is 0.262 e. The van der Waals surface area contributed by atoms with Crippen molar-refractivity contribution in [3.8, 4) is 5.75 Å². The van der Waals surface area contributed by atoms with Crippen molar-refractivity contribution in [3.05, 3.63) is 29.3 Å². The third kappa shape index (κ3) is 3.04. The van der Waals surface area contributed by atoms with Crippen LogP contribution >= 0.6 is 11.6 Å². The third-order valence-electron chi connectivity index (χ3n) is 1.83. The number of rotatable bonds is 3. The summed E-state index contributed by atoms with van der Waals surface area (Å²) in [7, 11) is 0. The van der Waals surface area contributed by atoms with Gasteiger partial charge in [-0.05, 0) is 55.6 Å². The lowest BCUT2D eigenvalue weighted by molar-refractivity contribution is -0.117. The van der Waals surface area contributed by atoms with Crippen molar-refractivity contribution in [3.63, 3.8) is 0 Å².